The van der Waals surface area contributed by atoms with Crippen molar-refractivity contribution >= 4 is 17.3 Å². The Balaban J connectivity index is 1.52. The van der Waals surface area contributed by atoms with Crippen LogP contribution in [0.1, 0.15) is 0 Å². The molecule has 0 N–H and O–H groups in total. The maximum absolute atomic E-state index is 11.1. The van der Waals surface area contributed by atoms with Crippen LogP contribution >= 0.6 is 11.6 Å². The minimum atomic E-state index is -0.506. The molecule has 10 nitrogen and oxygen atoms in total. The standard InChI is InChI=1S/C19H14ClN5O5/c1-28-16-7-6-12(20)10-13(16)18-21-19(30-23-18)14-8-9-24(22-14)11-29-17-5-3-2-4-15(17)25(26)27/h2-10H,11H2,1H3. The molecular formula is C19H14ClN5O5. The fourth-order valence-corrected chi connectivity index (χ4v) is 2.88. The van der Waals surface area contributed by atoms with E-state index in [1.807, 2.05) is 0 Å². The van der Waals surface area contributed by atoms with Gasteiger partial charge in [0.05, 0.1) is 17.6 Å². The topological polar surface area (TPSA) is 118 Å². The first-order chi connectivity index (χ1) is 14.5. The molecule has 4 rings (SSSR count). The molecule has 2 aromatic carbocycles. The highest BCUT2D eigenvalue weighted by molar-refractivity contribution is 6.30. The number of rotatable bonds is 7. The number of nitrogens with zero attached hydrogens (tertiary/aromatic N) is 5. The van der Waals surface area contributed by atoms with Crippen LogP contribution in [-0.4, -0.2) is 32.0 Å². The molecule has 2 heterocycles. The van der Waals surface area contributed by atoms with Crippen LogP contribution in [0.3, 0.4) is 0 Å². The SMILES string of the molecule is COc1ccc(Cl)cc1-c1noc(-c2ccn(COc3ccccc3[N+](=O)[O-])n2)n1. The fraction of sp³-hybridized carbons (Fsp3) is 0.105. The minimum absolute atomic E-state index is 0.0338. The molecule has 0 bridgehead atoms. The van der Waals surface area contributed by atoms with Gasteiger partial charge in [-0.25, -0.2) is 4.68 Å². The van der Waals surface area contributed by atoms with Gasteiger partial charge in [0, 0.05) is 17.3 Å². The number of hydrogen-bond donors (Lipinski definition) is 0. The Morgan fingerprint density at radius 3 is 2.83 bits per heavy atom. The lowest BCUT2D eigenvalue weighted by Crippen LogP contribution is -2.07. The molecule has 0 unspecified atom stereocenters. The van der Waals surface area contributed by atoms with Gasteiger partial charge in [-0.2, -0.15) is 10.1 Å². The number of nitro groups is 1. The van der Waals surface area contributed by atoms with Gasteiger partial charge >= 0.3 is 5.69 Å². The molecule has 0 atom stereocenters. The highest BCUT2D eigenvalue weighted by Gasteiger charge is 2.17. The number of aromatic nitrogens is 4. The monoisotopic (exact) mass is 427 g/mol. The smallest absolute Gasteiger partial charge is 0.311 e. The Kier molecular flexibility index (Phi) is 5.31. The average molecular weight is 428 g/mol. The molecule has 0 fully saturated rings. The maximum Gasteiger partial charge on any atom is 0.311 e. The predicted octanol–water partition coefficient (Wildman–Crippen LogP) is 4.21. The molecule has 2 aromatic heterocycles. The Bertz CT molecular complexity index is 1210. The van der Waals surface area contributed by atoms with E-state index in [0.29, 0.717) is 27.9 Å². The number of halogens is 1. The van der Waals surface area contributed by atoms with Gasteiger partial charge in [-0.15, -0.1) is 0 Å². The number of ether oxygens (including phenoxy) is 2. The summed E-state index contributed by atoms with van der Waals surface area (Å²) in [6.07, 6.45) is 1.63. The van der Waals surface area contributed by atoms with E-state index in [0.717, 1.165) is 0 Å². The van der Waals surface area contributed by atoms with E-state index in [1.165, 1.54) is 23.9 Å². The van der Waals surface area contributed by atoms with E-state index in [9.17, 15) is 10.1 Å². The summed E-state index contributed by atoms with van der Waals surface area (Å²) < 4.78 is 17.6. The lowest BCUT2D eigenvalue weighted by atomic mass is 10.2. The lowest BCUT2D eigenvalue weighted by molar-refractivity contribution is -0.386. The molecule has 0 radical (unpaired) electrons. The predicted molar refractivity (Wildman–Crippen MR) is 106 cm³/mol. The summed E-state index contributed by atoms with van der Waals surface area (Å²) in [5, 5.41) is 19.8. The third-order valence-electron chi connectivity index (χ3n) is 4.10. The summed E-state index contributed by atoms with van der Waals surface area (Å²) in [5.74, 6) is 1.19. The van der Waals surface area contributed by atoms with Crippen molar-refractivity contribution in [3.8, 4) is 34.5 Å². The summed E-state index contributed by atoms with van der Waals surface area (Å²) in [5.41, 5.74) is 0.877. The van der Waals surface area contributed by atoms with Crippen molar-refractivity contribution < 1.29 is 18.9 Å². The van der Waals surface area contributed by atoms with Crippen molar-refractivity contribution in [2.24, 2.45) is 0 Å². The van der Waals surface area contributed by atoms with Crippen molar-refractivity contribution in [2.75, 3.05) is 7.11 Å². The van der Waals surface area contributed by atoms with E-state index in [4.69, 9.17) is 25.6 Å². The Morgan fingerprint density at radius 1 is 1.20 bits per heavy atom. The summed E-state index contributed by atoms with van der Waals surface area (Å²) >= 11 is 6.05. The third kappa shape index (κ3) is 3.94. The largest absolute Gasteiger partial charge is 0.496 e. The minimum Gasteiger partial charge on any atom is -0.496 e. The van der Waals surface area contributed by atoms with Crippen molar-refractivity contribution in [3.05, 3.63) is 69.9 Å². The Labute approximate surface area is 174 Å². The van der Waals surface area contributed by atoms with Crippen molar-refractivity contribution in [1.82, 2.24) is 19.9 Å². The Hall–Kier alpha value is -3.92. The maximum atomic E-state index is 11.1. The zero-order chi connectivity index (χ0) is 21.1. The quantitative estimate of drug-likeness (QED) is 0.318. The van der Waals surface area contributed by atoms with Crippen LogP contribution < -0.4 is 9.47 Å². The molecular weight excluding hydrogens is 414 g/mol. The number of benzene rings is 2. The molecule has 0 amide bonds. The lowest BCUT2D eigenvalue weighted by Gasteiger charge is -2.06. The van der Waals surface area contributed by atoms with Crippen LogP contribution in [-0.2, 0) is 6.73 Å². The van der Waals surface area contributed by atoms with Crippen molar-refractivity contribution in [3.63, 3.8) is 0 Å². The number of methoxy groups -OCH3 is 1. The second-order valence-electron chi connectivity index (χ2n) is 6.01. The van der Waals surface area contributed by atoms with E-state index >= 15 is 0 Å². The van der Waals surface area contributed by atoms with Crippen LogP contribution in [0.25, 0.3) is 23.0 Å². The van der Waals surface area contributed by atoms with Crippen LogP contribution in [0.2, 0.25) is 5.02 Å². The van der Waals surface area contributed by atoms with Crippen LogP contribution in [0.5, 0.6) is 11.5 Å². The van der Waals surface area contributed by atoms with Gasteiger partial charge in [-0.3, -0.25) is 10.1 Å². The number of hydrogen-bond acceptors (Lipinski definition) is 8. The number of nitro benzene ring substituents is 1. The summed E-state index contributed by atoms with van der Waals surface area (Å²) in [6.45, 7) is -0.0338. The first kappa shape index (κ1) is 19.4. The second-order valence-corrected chi connectivity index (χ2v) is 6.44. The van der Waals surface area contributed by atoms with Gasteiger partial charge in [0.2, 0.25) is 5.82 Å². The molecule has 0 spiro atoms. The zero-order valence-electron chi connectivity index (χ0n) is 15.6. The molecule has 0 aliphatic heterocycles. The second kappa shape index (κ2) is 8.21. The highest BCUT2D eigenvalue weighted by Crippen LogP contribution is 2.32. The van der Waals surface area contributed by atoms with Gasteiger partial charge in [0.1, 0.15) is 5.75 Å². The average Bonchev–Trinajstić information content (AvgIpc) is 3.42. The summed E-state index contributed by atoms with van der Waals surface area (Å²) in [4.78, 5) is 14.9. The van der Waals surface area contributed by atoms with Crippen molar-refractivity contribution in [2.45, 2.75) is 6.73 Å². The van der Waals surface area contributed by atoms with E-state index in [1.54, 1.807) is 42.6 Å². The first-order valence-electron chi connectivity index (χ1n) is 8.63. The molecule has 152 valence electrons. The zero-order valence-corrected chi connectivity index (χ0v) is 16.3. The van der Waals surface area contributed by atoms with Gasteiger partial charge in [0.15, 0.2) is 18.2 Å². The number of para-hydroxylation sites is 2. The molecule has 0 aliphatic rings. The van der Waals surface area contributed by atoms with E-state index in [2.05, 4.69) is 15.2 Å². The molecule has 11 heteroatoms. The highest BCUT2D eigenvalue weighted by atomic mass is 35.5. The van der Waals surface area contributed by atoms with Gasteiger partial charge < -0.3 is 14.0 Å². The van der Waals surface area contributed by atoms with Crippen molar-refractivity contribution in [1.29, 1.82) is 0 Å². The molecule has 0 saturated heterocycles. The molecule has 0 aliphatic carbocycles. The normalized spacial score (nSPS) is 10.7. The van der Waals surface area contributed by atoms with E-state index in [-0.39, 0.29) is 24.1 Å². The fourth-order valence-electron chi connectivity index (χ4n) is 2.71. The van der Waals surface area contributed by atoms with Gasteiger partial charge in [0.25, 0.3) is 5.89 Å². The molecule has 30 heavy (non-hydrogen) atoms. The summed E-state index contributed by atoms with van der Waals surface area (Å²) in [6, 6.07) is 12.9. The Morgan fingerprint density at radius 2 is 2.03 bits per heavy atom. The first-order valence-corrected chi connectivity index (χ1v) is 9.00. The van der Waals surface area contributed by atoms with Crippen LogP contribution in [0.4, 0.5) is 5.69 Å². The van der Waals surface area contributed by atoms with Gasteiger partial charge in [-0.05, 0) is 30.3 Å². The third-order valence-corrected chi connectivity index (χ3v) is 4.34. The van der Waals surface area contributed by atoms with Gasteiger partial charge in [-0.1, -0.05) is 28.9 Å². The summed E-state index contributed by atoms with van der Waals surface area (Å²) in [7, 11) is 1.53. The van der Waals surface area contributed by atoms with E-state index < -0.39 is 4.92 Å². The van der Waals surface area contributed by atoms with Crippen LogP contribution in [0.15, 0.2) is 59.3 Å². The van der Waals surface area contributed by atoms with Crippen LogP contribution in [0, 0.1) is 10.1 Å². The molecule has 0 saturated carbocycles. The molecule has 4 aromatic rings.